The molecule has 7 nitrogen and oxygen atoms in total. The van der Waals surface area contributed by atoms with E-state index in [4.69, 9.17) is 19.2 Å². The fraction of sp³-hybridized carbons (Fsp3) is 0.231. The lowest BCUT2D eigenvalue weighted by Crippen LogP contribution is -2.22. The van der Waals surface area contributed by atoms with Crippen molar-refractivity contribution in [2.45, 2.75) is 31.3 Å². The summed E-state index contributed by atoms with van der Waals surface area (Å²) in [5.74, 6) is 0.976. The molecule has 3 rings (SSSR count). The highest BCUT2D eigenvalue weighted by Crippen LogP contribution is 2.23. The van der Waals surface area contributed by atoms with Crippen molar-refractivity contribution in [3.8, 4) is 11.5 Å². The minimum absolute atomic E-state index is 0.0151. The second-order valence-corrected chi connectivity index (χ2v) is 9.52. The van der Waals surface area contributed by atoms with Crippen LogP contribution in [0.25, 0.3) is 0 Å². The highest BCUT2D eigenvalue weighted by atomic mass is 32.2. The van der Waals surface area contributed by atoms with Gasteiger partial charge in [-0.3, -0.25) is 9.69 Å². The van der Waals surface area contributed by atoms with E-state index in [1.165, 1.54) is 36.4 Å². The molecule has 37 heavy (non-hydrogen) atoms. The molecule has 0 aromatic heterocycles. The second-order valence-electron chi connectivity index (χ2n) is 7.99. The minimum atomic E-state index is -4.69. The van der Waals surface area contributed by atoms with Crippen LogP contribution in [-0.2, 0) is 14.4 Å². The molecule has 0 bridgehead atoms. The van der Waals surface area contributed by atoms with Gasteiger partial charge in [0.05, 0.1) is 18.9 Å². The van der Waals surface area contributed by atoms with Gasteiger partial charge in [-0.2, -0.15) is 21.6 Å². The molecule has 1 N–H and O–H groups in total. The Balaban J connectivity index is 1.43. The van der Waals surface area contributed by atoms with Crippen LogP contribution in [0.4, 0.5) is 13.2 Å². The van der Waals surface area contributed by atoms with E-state index in [1.807, 2.05) is 6.92 Å². The van der Waals surface area contributed by atoms with Crippen molar-refractivity contribution in [2.75, 3.05) is 13.2 Å². The number of hydrogen-bond acceptors (Lipinski definition) is 7. The van der Waals surface area contributed by atoms with Crippen LogP contribution in [0.3, 0.4) is 0 Å². The zero-order chi connectivity index (χ0) is 27.1. The maximum Gasteiger partial charge on any atom is 0.433 e. The zero-order valence-electron chi connectivity index (χ0n) is 20.1. The van der Waals surface area contributed by atoms with Gasteiger partial charge in [0.15, 0.2) is 0 Å². The Morgan fingerprint density at radius 2 is 1.32 bits per heavy atom. The Morgan fingerprint density at radius 1 is 0.838 bits per heavy atom. The molecule has 0 spiro atoms. The predicted molar refractivity (Wildman–Crippen MR) is 133 cm³/mol. The first-order chi connectivity index (χ1) is 17.5. The smallest absolute Gasteiger partial charge is 0.433 e. The van der Waals surface area contributed by atoms with Crippen molar-refractivity contribution in [2.24, 2.45) is 5.16 Å². The van der Waals surface area contributed by atoms with E-state index in [-0.39, 0.29) is 17.1 Å². The number of aryl methyl sites for hydroxylation is 1. The third kappa shape index (κ3) is 8.07. The highest BCUT2D eigenvalue weighted by molar-refractivity contribution is 7.86. The van der Waals surface area contributed by atoms with Crippen LogP contribution in [0.2, 0.25) is 0 Å². The molecular weight excluding hydrogens is 509 g/mol. The van der Waals surface area contributed by atoms with Gasteiger partial charge in [0.1, 0.15) is 22.1 Å². The maximum atomic E-state index is 12.6. The van der Waals surface area contributed by atoms with Crippen molar-refractivity contribution in [3.05, 3.63) is 89.5 Å². The summed E-state index contributed by atoms with van der Waals surface area (Å²) in [6.07, 6.45) is -4.17. The van der Waals surface area contributed by atoms with E-state index in [9.17, 15) is 21.6 Å². The number of oxime groups is 1. The number of alkyl halides is 3. The van der Waals surface area contributed by atoms with Crippen molar-refractivity contribution < 1.29 is 35.3 Å². The number of nitrogens with zero attached hydrogens (tertiary/aromatic N) is 1. The summed E-state index contributed by atoms with van der Waals surface area (Å²) in [6, 6.07) is 18.2. The van der Waals surface area contributed by atoms with Gasteiger partial charge < -0.3 is 9.47 Å². The molecule has 0 fully saturated rings. The standard InChI is InChI=1S/C26H25F3N2O5S/c1-18-4-14-24(15-5-18)37(32,33)36-31-19(2)20-6-10-22(11-7-20)34-16-3-17-35-23-12-8-21(9-13-23)25(30)26(27,28)29/h4-15,30H,3,16-17H2,1-2H3/b30-25?,31-19+. The van der Waals surface area contributed by atoms with Crippen molar-refractivity contribution in [1.29, 1.82) is 5.41 Å². The summed E-state index contributed by atoms with van der Waals surface area (Å²) in [4.78, 5) is 0.0151. The number of nitrogens with one attached hydrogen (secondary N) is 1. The van der Waals surface area contributed by atoms with Gasteiger partial charge in [-0.25, -0.2) is 0 Å². The van der Waals surface area contributed by atoms with Crippen LogP contribution in [0.5, 0.6) is 11.5 Å². The van der Waals surface area contributed by atoms with Gasteiger partial charge in [0.25, 0.3) is 0 Å². The summed E-state index contributed by atoms with van der Waals surface area (Å²) in [5, 5.41) is 10.9. The van der Waals surface area contributed by atoms with E-state index in [0.29, 0.717) is 35.8 Å². The molecule has 0 aliphatic heterocycles. The molecule has 0 unspecified atom stereocenters. The summed E-state index contributed by atoms with van der Waals surface area (Å²) < 4.78 is 78.2. The van der Waals surface area contributed by atoms with Crippen LogP contribution >= 0.6 is 0 Å². The third-order valence-corrected chi connectivity index (χ3v) is 6.23. The largest absolute Gasteiger partial charge is 0.493 e. The molecule has 11 heteroatoms. The second kappa shape index (κ2) is 11.9. The van der Waals surface area contributed by atoms with Crippen LogP contribution in [-0.4, -0.2) is 39.2 Å². The van der Waals surface area contributed by atoms with Gasteiger partial charge in [-0.1, -0.05) is 22.9 Å². The number of halogens is 3. The summed E-state index contributed by atoms with van der Waals surface area (Å²) in [5.41, 5.74) is 0.309. The van der Waals surface area contributed by atoms with E-state index in [0.717, 1.165) is 5.56 Å². The Kier molecular flexibility index (Phi) is 8.93. The predicted octanol–water partition coefficient (Wildman–Crippen LogP) is 5.90. The van der Waals surface area contributed by atoms with Gasteiger partial charge in [-0.15, -0.1) is 0 Å². The molecule has 0 saturated carbocycles. The molecule has 0 saturated heterocycles. The lowest BCUT2D eigenvalue weighted by Gasteiger charge is -2.10. The van der Waals surface area contributed by atoms with Gasteiger partial charge >= 0.3 is 16.3 Å². The monoisotopic (exact) mass is 534 g/mol. The molecule has 3 aromatic carbocycles. The van der Waals surface area contributed by atoms with Crippen LogP contribution in [0.1, 0.15) is 30.0 Å². The van der Waals surface area contributed by atoms with E-state index in [2.05, 4.69) is 5.16 Å². The molecule has 0 atom stereocenters. The SMILES string of the molecule is C/C(=N\OS(=O)(=O)c1ccc(C)cc1)c1ccc(OCCCOc2ccc(C(=N)C(F)(F)F)cc2)cc1. The van der Waals surface area contributed by atoms with Gasteiger partial charge in [0, 0.05) is 12.0 Å². The zero-order valence-corrected chi connectivity index (χ0v) is 20.9. The average Bonchev–Trinajstić information content (AvgIpc) is 2.87. The fourth-order valence-electron chi connectivity index (χ4n) is 3.02. The molecule has 0 amide bonds. The highest BCUT2D eigenvalue weighted by Gasteiger charge is 2.35. The normalized spacial score (nSPS) is 12.2. The third-order valence-electron chi connectivity index (χ3n) is 5.11. The van der Waals surface area contributed by atoms with Crippen molar-refractivity contribution in [1.82, 2.24) is 0 Å². The van der Waals surface area contributed by atoms with E-state index in [1.54, 1.807) is 43.3 Å². The lowest BCUT2D eigenvalue weighted by molar-refractivity contribution is -0.0587. The topological polar surface area (TPSA) is 98.0 Å². The molecule has 3 aromatic rings. The molecule has 0 aliphatic rings. The summed E-state index contributed by atoms with van der Waals surface area (Å²) in [6.45, 7) is 4.09. The molecule has 0 radical (unpaired) electrons. The number of benzene rings is 3. The van der Waals surface area contributed by atoms with E-state index >= 15 is 0 Å². The molecule has 0 heterocycles. The molecule has 196 valence electrons. The summed E-state index contributed by atoms with van der Waals surface area (Å²) >= 11 is 0. The Morgan fingerprint density at radius 3 is 1.81 bits per heavy atom. The van der Waals surface area contributed by atoms with Gasteiger partial charge in [0.2, 0.25) is 0 Å². The van der Waals surface area contributed by atoms with Gasteiger partial charge in [-0.05, 0) is 80.1 Å². The Bertz CT molecular complexity index is 1340. The minimum Gasteiger partial charge on any atom is -0.493 e. The van der Waals surface area contributed by atoms with Crippen molar-refractivity contribution in [3.63, 3.8) is 0 Å². The maximum absolute atomic E-state index is 12.6. The molecule has 0 aliphatic carbocycles. The number of rotatable bonds is 11. The molecular formula is C26H25F3N2O5S. The summed E-state index contributed by atoms with van der Waals surface area (Å²) in [7, 11) is -4.02. The first-order valence-electron chi connectivity index (χ1n) is 11.1. The van der Waals surface area contributed by atoms with Crippen LogP contribution < -0.4 is 9.47 Å². The lowest BCUT2D eigenvalue weighted by atomic mass is 10.1. The Hall–Kier alpha value is -3.86. The first-order valence-corrected chi connectivity index (χ1v) is 12.5. The van der Waals surface area contributed by atoms with E-state index < -0.39 is 22.0 Å². The van der Waals surface area contributed by atoms with Crippen LogP contribution in [0.15, 0.2) is 82.8 Å². The number of ether oxygens (including phenoxy) is 2. The average molecular weight is 535 g/mol. The quantitative estimate of drug-likeness (QED) is 0.188. The first kappa shape index (κ1) is 27.7. The number of hydrogen-bond donors (Lipinski definition) is 1. The van der Waals surface area contributed by atoms with Crippen molar-refractivity contribution >= 4 is 21.5 Å². The fourth-order valence-corrected chi connectivity index (χ4v) is 3.78. The van der Waals surface area contributed by atoms with Crippen LogP contribution in [0, 0.1) is 12.3 Å². The Labute approximate surface area is 213 Å².